The minimum Gasteiger partial charge on any atom is -0.497 e. The Hall–Kier alpha value is -1.35. The van der Waals surface area contributed by atoms with E-state index in [-0.39, 0.29) is 12.4 Å². The first-order chi connectivity index (χ1) is 8.13. The third kappa shape index (κ3) is 5.00. The third-order valence-electron chi connectivity index (χ3n) is 2.48. The van der Waals surface area contributed by atoms with E-state index in [1.54, 1.807) is 31.4 Å². The molecule has 0 unspecified atom stereocenters. The van der Waals surface area contributed by atoms with Crippen LogP contribution in [-0.2, 0) is 4.74 Å². The van der Waals surface area contributed by atoms with Crippen molar-refractivity contribution in [2.75, 3.05) is 20.3 Å². The van der Waals surface area contributed by atoms with Gasteiger partial charge in [0, 0.05) is 12.2 Å². The molecule has 1 aromatic rings. The molecule has 3 heteroatoms. The summed E-state index contributed by atoms with van der Waals surface area (Å²) in [7, 11) is 1.60. The van der Waals surface area contributed by atoms with Gasteiger partial charge in [0.1, 0.15) is 12.4 Å². The largest absolute Gasteiger partial charge is 0.497 e. The lowest BCUT2D eigenvalue weighted by Gasteiger charge is -2.06. The van der Waals surface area contributed by atoms with Crippen molar-refractivity contribution in [1.29, 1.82) is 0 Å². The van der Waals surface area contributed by atoms with E-state index < -0.39 is 0 Å². The zero-order chi connectivity index (χ0) is 12.7. The fraction of sp³-hybridized carbons (Fsp3) is 0.500. The molecule has 0 aliphatic carbocycles. The monoisotopic (exact) mass is 236 g/mol. The summed E-state index contributed by atoms with van der Waals surface area (Å²) >= 11 is 0. The van der Waals surface area contributed by atoms with Crippen molar-refractivity contribution in [3.05, 3.63) is 29.8 Å². The van der Waals surface area contributed by atoms with Crippen LogP contribution >= 0.6 is 0 Å². The summed E-state index contributed by atoms with van der Waals surface area (Å²) in [5, 5.41) is 0. The second kappa shape index (κ2) is 7.07. The van der Waals surface area contributed by atoms with Gasteiger partial charge in [-0.3, -0.25) is 4.79 Å². The Bertz CT molecular complexity index is 341. The van der Waals surface area contributed by atoms with Gasteiger partial charge in [0.15, 0.2) is 5.78 Å². The molecule has 0 aliphatic rings. The van der Waals surface area contributed by atoms with Crippen molar-refractivity contribution >= 4 is 5.78 Å². The van der Waals surface area contributed by atoms with Gasteiger partial charge >= 0.3 is 0 Å². The van der Waals surface area contributed by atoms with Crippen LogP contribution in [0.5, 0.6) is 5.75 Å². The van der Waals surface area contributed by atoms with Crippen molar-refractivity contribution in [3.8, 4) is 5.75 Å². The second-order valence-electron chi connectivity index (χ2n) is 4.39. The van der Waals surface area contributed by atoms with Gasteiger partial charge in [-0.25, -0.2) is 0 Å². The summed E-state index contributed by atoms with van der Waals surface area (Å²) in [6, 6.07) is 7.07. The van der Waals surface area contributed by atoms with E-state index in [0.717, 1.165) is 12.2 Å². The highest BCUT2D eigenvalue weighted by Gasteiger charge is 2.06. The number of carbonyl (C=O) groups is 1. The van der Waals surface area contributed by atoms with Crippen molar-refractivity contribution in [2.45, 2.75) is 20.3 Å². The Morgan fingerprint density at radius 1 is 1.24 bits per heavy atom. The van der Waals surface area contributed by atoms with Crippen molar-refractivity contribution in [2.24, 2.45) is 5.92 Å². The van der Waals surface area contributed by atoms with E-state index in [0.29, 0.717) is 18.1 Å². The summed E-state index contributed by atoms with van der Waals surface area (Å²) in [4.78, 5) is 11.7. The molecular weight excluding hydrogens is 216 g/mol. The maximum atomic E-state index is 11.7. The molecule has 94 valence electrons. The lowest BCUT2D eigenvalue weighted by molar-refractivity contribution is 0.0739. The lowest BCUT2D eigenvalue weighted by Crippen LogP contribution is -2.10. The van der Waals surface area contributed by atoms with E-state index in [2.05, 4.69) is 13.8 Å². The Labute approximate surface area is 103 Å². The van der Waals surface area contributed by atoms with Gasteiger partial charge in [-0.05, 0) is 36.6 Å². The minimum absolute atomic E-state index is 0.0106. The summed E-state index contributed by atoms with van der Waals surface area (Å²) in [6.45, 7) is 5.06. The average Bonchev–Trinajstić information content (AvgIpc) is 2.34. The number of benzene rings is 1. The summed E-state index contributed by atoms with van der Waals surface area (Å²) in [5.74, 6) is 1.37. The van der Waals surface area contributed by atoms with Gasteiger partial charge < -0.3 is 9.47 Å². The molecule has 0 spiro atoms. The summed E-state index contributed by atoms with van der Waals surface area (Å²) < 4.78 is 10.4. The van der Waals surface area contributed by atoms with Gasteiger partial charge in [-0.15, -0.1) is 0 Å². The Morgan fingerprint density at radius 3 is 2.41 bits per heavy atom. The topological polar surface area (TPSA) is 35.5 Å². The fourth-order valence-corrected chi connectivity index (χ4v) is 1.34. The van der Waals surface area contributed by atoms with Gasteiger partial charge in [0.2, 0.25) is 0 Å². The molecule has 1 rings (SSSR count). The first kappa shape index (κ1) is 13.7. The van der Waals surface area contributed by atoms with Gasteiger partial charge in [-0.1, -0.05) is 13.8 Å². The number of hydrogen-bond acceptors (Lipinski definition) is 3. The second-order valence-corrected chi connectivity index (χ2v) is 4.39. The number of carbonyl (C=O) groups excluding carboxylic acids is 1. The number of ketones is 1. The van der Waals surface area contributed by atoms with Crippen LogP contribution in [0.3, 0.4) is 0 Å². The number of ether oxygens (including phenoxy) is 2. The summed E-state index contributed by atoms with van der Waals surface area (Å²) in [6.07, 6.45) is 0.982. The molecule has 0 saturated carbocycles. The third-order valence-corrected chi connectivity index (χ3v) is 2.48. The van der Waals surface area contributed by atoms with Crippen LogP contribution in [0.1, 0.15) is 30.6 Å². The Morgan fingerprint density at radius 2 is 1.88 bits per heavy atom. The first-order valence-electron chi connectivity index (χ1n) is 5.88. The van der Waals surface area contributed by atoms with E-state index in [4.69, 9.17) is 9.47 Å². The molecule has 3 nitrogen and oxygen atoms in total. The van der Waals surface area contributed by atoms with E-state index in [9.17, 15) is 4.79 Å². The molecule has 0 fully saturated rings. The van der Waals surface area contributed by atoms with Crippen LogP contribution in [0.15, 0.2) is 24.3 Å². The zero-order valence-corrected chi connectivity index (χ0v) is 10.7. The predicted octanol–water partition coefficient (Wildman–Crippen LogP) is 2.94. The van der Waals surface area contributed by atoms with E-state index in [1.165, 1.54) is 0 Å². The lowest BCUT2D eigenvalue weighted by atomic mass is 10.1. The fourth-order valence-electron chi connectivity index (χ4n) is 1.34. The number of methoxy groups -OCH3 is 1. The van der Waals surface area contributed by atoms with Crippen molar-refractivity contribution in [3.63, 3.8) is 0 Å². The molecule has 0 N–H and O–H groups in total. The van der Waals surface area contributed by atoms with Crippen LogP contribution < -0.4 is 4.74 Å². The zero-order valence-electron chi connectivity index (χ0n) is 10.7. The summed E-state index contributed by atoms with van der Waals surface area (Å²) in [5.41, 5.74) is 0.662. The molecule has 0 saturated heterocycles. The number of Topliss-reactive ketones (excluding diaryl/α,β-unsaturated/α-hetero) is 1. The van der Waals surface area contributed by atoms with E-state index >= 15 is 0 Å². The molecule has 0 aromatic heterocycles. The molecule has 0 amide bonds. The Kier molecular flexibility index (Phi) is 5.70. The highest BCUT2D eigenvalue weighted by atomic mass is 16.5. The first-order valence-corrected chi connectivity index (χ1v) is 5.88. The SMILES string of the molecule is COc1ccc(C(=O)COCCC(C)C)cc1. The van der Waals surface area contributed by atoms with E-state index in [1.807, 2.05) is 0 Å². The molecule has 0 bridgehead atoms. The maximum absolute atomic E-state index is 11.7. The van der Waals surface area contributed by atoms with Crippen molar-refractivity contribution < 1.29 is 14.3 Å². The molecule has 0 heterocycles. The van der Waals surface area contributed by atoms with Gasteiger partial charge in [0.05, 0.1) is 7.11 Å². The van der Waals surface area contributed by atoms with Crippen LogP contribution in [0.25, 0.3) is 0 Å². The molecule has 17 heavy (non-hydrogen) atoms. The minimum atomic E-state index is 0.0106. The quantitative estimate of drug-likeness (QED) is 0.539. The molecule has 0 radical (unpaired) electrons. The smallest absolute Gasteiger partial charge is 0.188 e. The highest BCUT2D eigenvalue weighted by molar-refractivity contribution is 5.97. The normalized spacial score (nSPS) is 10.6. The maximum Gasteiger partial charge on any atom is 0.188 e. The van der Waals surface area contributed by atoms with Gasteiger partial charge in [0.25, 0.3) is 0 Å². The van der Waals surface area contributed by atoms with Gasteiger partial charge in [-0.2, -0.15) is 0 Å². The van der Waals surface area contributed by atoms with Crippen LogP contribution in [-0.4, -0.2) is 26.1 Å². The molecular formula is C14H20O3. The number of hydrogen-bond donors (Lipinski definition) is 0. The number of rotatable bonds is 7. The van der Waals surface area contributed by atoms with Crippen LogP contribution in [0.4, 0.5) is 0 Å². The van der Waals surface area contributed by atoms with Crippen LogP contribution in [0, 0.1) is 5.92 Å². The van der Waals surface area contributed by atoms with Crippen molar-refractivity contribution in [1.82, 2.24) is 0 Å². The molecule has 1 aromatic carbocycles. The highest BCUT2D eigenvalue weighted by Crippen LogP contribution is 2.11. The molecule has 0 aliphatic heterocycles. The molecule has 0 atom stereocenters. The van der Waals surface area contributed by atoms with Crippen LogP contribution in [0.2, 0.25) is 0 Å². The average molecular weight is 236 g/mol. The predicted molar refractivity (Wildman–Crippen MR) is 67.6 cm³/mol. The Balaban J connectivity index is 2.36. The standard InChI is InChI=1S/C14H20O3/c1-11(2)8-9-17-10-14(15)12-4-6-13(16-3)7-5-12/h4-7,11H,8-10H2,1-3H3.